The van der Waals surface area contributed by atoms with Crippen molar-refractivity contribution in [3.8, 4) is 0 Å². The number of nitrogens with zero attached hydrogens (tertiary/aromatic N) is 4. The average Bonchev–Trinajstić information content (AvgIpc) is 2.71. The van der Waals surface area contributed by atoms with E-state index in [1.807, 2.05) is 12.1 Å². The molecule has 0 bridgehead atoms. The van der Waals surface area contributed by atoms with Crippen LogP contribution in [0.3, 0.4) is 0 Å². The van der Waals surface area contributed by atoms with Crippen LogP contribution in [-0.4, -0.2) is 65.3 Å². The van der Waals surface area contributed by atoms with E-state index in [4.69, 9.17) is 4.74 Å². The molecule has 7 heteroatoms. The molecule has 0 spiro atoms. The normalized spacial score (nSPS) is 21.2. The highest BCUT2D eigenvalue weighted by Gasteiger charge is 2.29. The standard InChI is InChI=1S/C19H26N4O3/c1-14(21-9-11-26-12-10-21)15-4-7-22(8-5-15)17-13-18(24)23(25)19-16(17)3-2-6-20-19/h2-3,6,13-15,25H,4-5,7-12H2,1H3. The van der Waals surface area contributed by atoms with Gasteiger partial charge in [-0.15, -0.1) is 4.73 Å². The molecule has 2 saturated heterocycles. The van der Waals surface area contributed by atoms with E-state index in [0.717, 1.165) is 63.3 Å². The lowest BCUT2D eigenvalue weighted by Gasteiger charge is -2.41. The van der Waals surface area contributed by atoms with Gasteiger partial charge in [-0.25, -0.2) is 4.98 Å². The van der Waals surface area contributed by atoms with Gasteiger partial charge in [0, 0.05) is 49.9 Å². The summed E-state index contributed by atoms with van der Waals surface area (Å²) in [6.45, 7) is 7.87. The van der Waals surface area contributed by atoms with Gasteiger partial charge in [0.05, 0.1) is 18.9 Å². The van der Waals surface area contributed by atoms with Crippen LogP contribution in [0.25, 0.3) is 11.0 Å². The lowest BCUT2D eigenvalue weighted by molar-refractivity contribution is 0.00449. The summed E-state index contributed by atoms with van der Waals surface area (Å²) >= 11 is 0. The van der Waals surface area contributed by atoms with Crippen molar-refractivity contribution in [1.29, 1.82) is 0 Å². The van der Waals surface area contributed by atoms with Gasteiger partial charge in [-0.05, 0) is 37.8 Å². The molecular formula is C19H26N4O3. The van der Waals surface area contributed by atoms with Crippen LogP contribution in [0.1, 0.15) is 19.8 Å². The lowest BCUT2D eigenvalue weighted by Crippen LogP contribution is -2.48. The van der Waals surface area contributed by atoms with Gasteiger partial charge < -0.3 is 14.8 Å². The minimum Gasteiger partial charge on any atom is -0.423 e. The van der Waals surface area contributed by atoms with E-state index in [0.29, 0.717) is 22.3 Å². The predicted octanol–water partition coefficient (Wildman–Crippen LogP) is 1.57. The summed E-state index contributed by atoms with van der Waals surface area (Å²) in [5, 5.41) is 10.8. The summed E-state index contributed by atoms with van der Waals surface area (Å²) in [5.74, 6) is 0.659. The molecule has 2 aromatic heterocycles. The molecule has 140 valence electrons. The van der Waals surface area contributed by atoms with Gasteiger partial charge in [0.15, 0.2) is 5.65 Å². The van der Waals surface area contributed by atoms with Crippen LogP contribution in [-0.2, 0) is 4.74 Å². The first-order valence-electron chi connectivity index (χ1n) is 9.42. The van der Waals surface area contributed by atoms with Gasteiger partial charge in [-0.2, -0.15) is 0 Å². The summed E-state index contributed by atoms with van der Waals surface area (Å²) in [6.07, 6.45) is 3.79. The highest BCUT2D eigenvalue weighted by molar-refractivity contribution is 5.89. The lowest BCUT2D eigenvalue weighted by atomic mass is 9.89. The Hall–Kier alpha value is -2.12. The number of hydrogen-bond donors (Lipinski definition) is 1. The summed E-state index contributed by atoms with van der Waals surface area (Å²) in [6, 6.07) is 5.83. The van der Waals surface area contributed by atoms with Crippen molar-refractivity contribution in [3.05, 3.63) is 34.7 Å². The van der Waals surface area contributed by atoms with E-state index in [9.17, 15) is 10.0 Å². The quantitative estimate of drug-likeness (QED) is 0.840. The van der Waals surface area contributed by atoms with Crippen LogP contribution < -0.4 is 10.5 Å². The minimum absolute atomic E-state index is 0.318. The number of fused-ring (bicyclic) bond motifs is 1. The third kappa shape index (κ3) is 3.17. The monoisotopic (exact) mass is 358 g/mol. The van der Waals surface area contributed by atoms with Gasteiger partial charge in [-0.3, -0.25) is 9.69 Å². The molecule has 1 atom stereocenters. The van der Waals surface area contributed by atoms with Gasteiger partial charge in [0.1, 0.15) is 0 Å². The van der Waals surface area contributed by atoms with E-state index in [2.05, 4.69) is 21.7 Å². The Morgan fingerprint density at radius 1 is 1.23 bits per heavy atom. The molecule has 0 amide bonds. The van der Waals surface area contributed by atoms with Crippen LogP contribution in [0, 0.1) is 5.92 Å². The van der Waals surface area contributed by atoms with Gasteiger partial charge in [0.2, 0.25) is 0 Å². The number of hydrogen-bond acceptors (Lipinski definition) is 6. The molecule has 2 aromatic rings. The van der Waals surface area contributed by atoms with Crippen LogP contribution in [0.4, 0.5) is 5.69 Å². The Balaban J connectivity index is 1.51. The van der Waals surface area contributed by atoms with E-state index in [-0.39, 0.29) is 0 Å². The molecule has 0 saturated carbocycles. The predicted molar refractivity (Wildman–Crippen MR) is 100.0 cm³/mol. The molecule has 1 unspecified atom stereocenters. The van der Waals surface area contributed by atoms with Crippen molar-refractivity contribution in [2.24, 2.45) is 5.92 Å². The van der Waals surface area contributed by atoms with Crippen LogP contribution in [0.5, 0.6) is 0 Å². The molecule has 0 aromatic carbocycles. The summed E-state index contributed by atoms with van der Waals surface area (Å²) in [4.78, 5) is 21.1. The van der Waals surface area contributed by atoms with Crippen molar-refractivity contribution >= 4 is 16.7 Å². The Bertz CT molecular complexity index is 823. The van der Waals surface area contributed by atoms with Gasteiger partial charge in [-0.1, -0.05) is 0 Å². The number of pyridine rings is 2. The summed E-state index contributed by atoms with van der Waals surface area (Å²) in [5.41, 5.74) is 0.759. The summed E-state index contributed by atoms with van der Waals surface area (Å²) in [7, 11) is 0. The molecule has 26 heavy (non-hydrogen) atoms. The smallest absolute Gasteiger partial charge is 0.286 e. The first kappa shape index (κ1) is 17.3. The van der Waals surface area contributed by atoms with E-state index in [1.165, 1.54) is 6.07 Å². The van der Waals surface area contributed by atoms with Crippen molar-refractivity contribution in [2.75, 3.05) is 44.3 Å². The Morgan fingerprint density at radius 2 is 1.96 bits per heavy atom. The Labute approximate surface area is 152 Å². The first-order chi connectivity index (χ1) is 12.6. The molecule has 0 radical (unpaired) electrons. The maximum Gasteiger partial charge on any atom is 0.286 e. The fraction of sp³-hybridized carbons (Fsp3) is 0.579. The molecule has 7 nitrogen and oxygen atoms in total. The third-order valence-corrected chi connectivity index (χ3v) is 5.92. The number of piperidine rings is 1. The second-order valence-corrected chi connectivity index (χ2v) is 7.27. The molecule has 4 heterocycles. The molecule has 2 fully saturated rings. The SMILES string of the molecule is CC(C1CCN(c2cc(=O)n(O)c3ncccc23)CC1)N1CCOCC1. The number of anilines is 1. The zero-order valence-corrected chi connectivity index (χ0v) is 15.2. The number of rotatable bonds is 3. The first-order valence-corrected chi connectivity index (χ1v) is 9.42. The molecule has 4 rings (SSSR count). The van der Waals surface area contributed by atoms with Crippen molar-refractivity contribution in [1.82, 2.24) is 14.6 Å². The van der Waals surface area contributed by atoms with E-state index >= 15 is 0 Å². The third-order valence-electron chi connectivity index (χ3n) is 5.92. The van der Waals surface area contributed by atoms with Crippen LogP contribution >= 0.6 is 0 Å². The second kappa shape index (κ2) is 7.25. The Kier molecular flexibility index (Phi) is 4.82. The van der Waals surface area contributed by atoms with E-state index in [1.54, 1.807) is 6.20 Å². The number of aromatic nitrogens is 2. The largest absolute Gasteiger partial charge is 0.423 e. The second-order valence-electron chi connectivity index (χ2n) is 7.27. The number of morpholine rings is 1. The number of ether oxygens (including phenoxy) is 1. The summed E-state index contributed by atoms with van der Waals surface area (Å²) < 4.78 is 6.10. The fourth-order valence-electron chi connectivity index (χ4n) is 4.29. The Morgan fingerprint density at radius 3 is 2.69 bits per heavy atom. The average molecular weight is 358 g/mol. The highest BCUT2D eigenvalue weighted by Crippen LogP contribution is 2.30. The molecular weight excluding hydrogens is 332 g/mol. The van der Waals surface area contributed by atoms with Gasteiger partial charge >= 0.3 is 0 Å². The zero-order chi connectivity index (χ0) is 18.1. The minimum atomic E-state index is -0.435. The molecule has 0 aliphatic carbocycles. The molecule has 2 aliphatic heterocycles. The van der Waals surface area contributed by atoms with Crippen molar-refractivity contribution < 1.29 is 9.94 Å². The molecule has 1 N–H and O–H groups in total. The van der Waals surface area contributed by atoms with Crippen LogP contribution in [0.15, 0.2) is 29.2 Å². The zero-order valence-electron chi connectivity index (χ0n) is 15.2. The van der Waals surface area contributed by atoms with Crippen molar-refractivity contribution in [3.63, 3.8) is 0 Å². The highest BCUT2D eigenvalue weighted by atomic mass is 16.5. The van der Waals surface area contributed by atoms with E-state index < -0.39 is 5.56 Å². The topological polar surface area (TPSA) is 70.8 Å². The van der Waals surface area contributed by atoms with Crippen molar-refractivity contribution in [2.45, 2.75) is 25.8 Å². The maximum absolute atomic E-state index is 12.1. The fourth-order valence-corrected chi connectivity index (χ4v) is 4.29. The molecule has 2 aliphatic rings. The van der Waals surface area contributed by atoms with Gasteiger partial charge in [0.25, 0.3) is 5.56 Å². The van der Waals surface area contributed by atoms with Crippen LogP contribution in [0.2, 0.25) is 0 Å². The maximum atomic E-state index is 12.1.